The van der Waals surface area contributed by atoms with E-state index in [1.165, 1.54) is 43.5 Å². The van der Waals surface area contributed by atoms with Gasteiger partial charge in [0.05, 0.1) is 17.2 Å². The van der Waals surface area contributed by atoms with E-state index >= 15 is 0 Å². The van der Waals surface area contributed by atoms with E-state index in [1.54, 1.807) is 6.07 Å². The van der Waals surface area contributed by atoms with Crippen molar-refractivity contribution in [1.29, 1.82) is 0 Å². The molecule has 0 saturated heterocycles. The van der Waals surface area contributed by atoms with Gasteiger partial charge in [-0.15, -0.1) is 0 Å². The maximum absolute atomic E-state index is 12.4. The fraction of sp³-hybridized carbons (Fsp3) is 0.0714. The molecule has 0 radical (unpaired) electrons. The van der Waals surface area contributed by atoms with E-state index in [-0.39, 0.29) is 26.3 Å². The molecule has 0 fully saturated rings. The third kappa shape index (κ3) is 3.35. The molecule has 2 aromatic rings. The van der Waals surface area contributed by atoms with Gasteiger partial charge in [-0.05, 0) is 24.3 Å². The Morgan fingerprint density at radius 1 is 1.00 bits per heavy atom. The third-order valence-corrected chi connectivity index (χ3v) is 4.85. The molecule has 0 aliphatic heterocycles. The van der Waals surface area contributed by atoms with Gasteiger partial charge in [-0.25, -0.2) is 4.79 Å². The maximum Gasteiger partial charge on any atom is 0.342 e. The number of para-hydroxylation sites is 1. The number of benzene rings is 2. The molecule has 5 nitrogen and oxygen atoms in total. The number of hydrogen-bond donors (Lipinski definition) is 0. The van der Waals surface area contributed by atoms with Crippen molar-refractivity contribution in [1.82, 2.24) is 0 Å². The van der Waals surface area contributed by atoms with Crippen molar-refractivity contribution in [2.75, 3.05) is 7.11 Å². The van der Waals surface area contributed by atoms with Gasteiger partial charge in [0.25, 0.3) is 0 Å². The first-order valence-corrected chi connectivity index (χ1v) is 8.09. The van der Waals surface area contributed by atoms with Crippen LogP contribution < -0.4 is 4.18 Å². The van der Waals surface area contributed by atoms with Crippen LogP contribution in [0.4, 0.5) is 0 Å². The van der Waals surface area contributed by atoms with Crippen molar-refractivity contribution in [3.8, 4) is 5.75 Å². The van der Waals surface area contributed by atoms with Crippen LogP contribution in [0.2, 0.25) is 10.0 Å². The van der Waals surface area contributed by atoms with Crippen molar-refractivity contribution in [3.63, 3.8) is 0 Å². The monoisotopic (exact) mass is 360 g/mol. The summed E-state index contributed by atoms with van der Waals surface area (Å²) in [6.07, 6.45) is 0. The molecule has 0 amide bonds. The predicted molar refractivity (Wildman–Crippen MR) is 82.1 cm³/mol. The van der Waals surface area contributed by atoms with Crippen LogP contribution in [0.25, 0.3) is 0 Å². The van der Waals surface area contributed by atoms with Gasteiger partial charge in [0.15, 0.2) is 5.75 Å². The van der Waals surface area contributed by atoms with Crippen LogP contribution in [-0.2, 0) is 14.9 Å². The largest absolute Gasteiger partial charge is 0.465 e. The number of methoxy groups -OCH3 is 1. The fourth-order valence-corrected chi connectivity index (χ4v) is 3.74. The topological polar surface area (TPSA) is 69.7 Å². The molecule has 0 bridgehead atoms. The van der Waals surface area contributed by atoms with E-state index in [0.717, 1.165) is 0 Å². The Balaban J connectivity index is 2.49. The molecule has 8 heteroatoms. The van der Waals surface area contributed by atoms with Crippen LogP contribution in [0.15, 0.2) is 47.4 Å². The third-order valence-electron chi connectivity index (χ3n) is 2.66. The molecule has 0 aromatic heterocycles. The molecule has 0 saturated carbocycles. The average molecular weight is 361 g/mol. The molecule has 0 aliphatic carbocycles. The molecule has 0 heterocycles. The van der Waals surface area contributed by atoms with Crippen molar-refractivity contribution in [2.45, 2.75) is 4.90 Å². The van der Waals surface area contributed by atoms with Gasteiger partial charge in [0, 0.05) is 0 Å². The summed E-state index contributed by atoms with van der Waals surface area (Å²) >= 11 is 11.7. The highest BCUT2D eigenvalue weighted by Crippen LogP contribution is 2.32. The average Bonchev–Trinajstić information content (AvgIpc) is 2.46. The van der Waals surface area contributed by atoms with Crippen LogP contribution in [0, 0.1) is 0 Å². The minimum absolute atomic E-state index is 0.0308. The molecule has 2 rings (SSSR count). The lowest BCUT2D eigenvalue weighted by Gasteiger charge is -2.12. The van der Waals surface area contributed by atoms with E-state index in [1.807, 2.05) is 0 Å². The lowest BCUT2D eigenvalue weighted by molar-refractivity contribution is 0.0599. The van der Waals surface area contributed by atoms with Gasteiger partial charge in [-0.1, -0.05) is 41.4 Å². The molecule has 0 atom stereocenters. The van der Waals surface area contributed by atoms with Crippen molar-refractivity contribution in [3.05, 3.63) is 58.1 Å². The van der Waals surface area contributed by atoms with Gasteiger partial charge < -0.3 is 8.92 Å². The first kappa shape index (κ1) is 16.6. The highest BCUT2D eigenvalue weighted by molar-refractivity contribution is 7.87. The van der Waals surface area contributed by atoms with Crippen molar-refractivity contribution in [2.24, 2.45) is 0 Å². The number of rotatable bonds is 4. The Morgan fingerprint density at radius 2 is 1.59 bits per heavy atom. The number of hydrogen-bond acceptors (Lipinski definition) is 5. The smallest absolute Gasteiger partial charge is 0.342 e. The van der Waals surface area contributed by atoms with Gasteiger partial charge in [-0.3, -0.25) is 0 Å². The van der Waals surface area contributed by atoms with E-state index in [9.17, 15) is 13.2 Å². The van der Waals surface area contributed by atoms with Crippen LogP contribution in [0.3, 0.4) is 0 Å². The second kappa shape index (κ2) is 6.56. The molecule has 0 unspecified atom stereocenters. The summed E-state index contributed by atoms with van der Waals surface area (Å²) in [5.41, 5.74) is -0.0308. The van der Waals surface area contributed by atoms with Crippen LogP contribution in [-0.4, -0.2) is 21.5 Å². The first-order chi connectivity index (χ1) is 10.4. The van der Waals surface area contributed by atoms with Gasteiger partial charge in [0.1, 0.15) is 10.5 Å². The number of carbonyl (C=O) groups excluding carboxylic acids is 1. The quantitative estimate of drug-likeness (QED) is 0.615. The lowest BCUT2D eigenvalue weighted by Crippen LogP contribution is -2.14. The summed E-state index contributed by atoms with van der Waals surface area (Å²) in [4.78, 5) is 11.3. The Bertz CT molecular complexity index is 797. The van der Waals surface area contributed by atoms with Crippen LogP contribution >= 0.6 is 23.2 Å². The lowest BCUT2D eigenvalue weighted by atomic mass is 10.2. The first-order valence-electron chi connectivity index (χ1n) is 5.92. The summed E-state index contributed by atoms with van der Waals surface area (Å²) in [6.45, 7) is 0. The summed E-state index contributed by atoms with van der Waals surface area (Å²) < 4.78 is 34.3. The summed E-state index contributed by atoms with van der Waals surface area (Å²) in [5, 5.41) is -0.161. The Labute approximate surface area is 137 Å². The number of ether oxygens (including phenoxy) is 1. The second-order valence-electron chi connectivity index (χ2n) is 4.08. The summed E-state index contributed by atoms with van der Waals surface area (Å²) in [7, 11) is -3.13. The SMILES string of the molecule is COC(=O)c1ccccc1OS(=O)(=O)c1c(Cl)cccc1Cl. The predicted octanol–water partition coefficient (Wildman–Crippen LogP) is 3.55. The number of halogens is 2. The summed E-state index contributed by atoms with van der Waals surface area (Å²) in [6, 6.07) is 10.0. The highest BCUT2D eigenvalue weighted by Gasteiger charge is 2.26. The second-order valence-corrected chi connectivity index (χ2v) is 6.37. The van der Waals surface area contributed by atoms with Crippen LogP contribution in [0.1, 0.15) is 10.4 Å². The van der Waals surface area contributed by atoms with Crippen molar-refractivity contribution < 1.29 is 22.1 Å². The molecular weight excluding hydrogens is 351 g/mol. The molecule has 0 spiro atoms. The highest BCUT2D eigenvalue weighted by atomic mass is 35.5. The Morgan fingerprint density at radius 3 is 2.18 bits per heavy atom. The van der Waals surface area contributed by atoms with Gasteiger partial charge in [-0.2, -0.15) is 8.42 Å². The van der Waals surface area contributed by atoms with E-state index in [2.05, 4.69) is 4.74 Å². The van der Waals surface area contributed by atoms with E-state index in [0.29, 0.717) is 0 Å². The molecular formula is C14H10Cl2O5S. The normalized spacial score (nSPS) is 11.0. The van der Waals surface area contributed by atoms with Crippen molar-refractivity contribution >= 4 is 39.3 Å². The zero-order valence-electron chi connectivity index (χ0n) is 11.2. The molecule has 0 N–H and O–H groups in total. The van der Waals surface area contributed by atoms with Gasteiger partial charge in [0.2, 0.25) is 0 Å². The zero-order valence-corrected chi connectivity index (χ0v) is 13.6. The minimum atomic E-state index is -4.31. The Kier molecular flexibility index (Phi) is 4.95. The van der Waals surface area contributed by atoms with Crippen LogP contribution in [0.5, 0.6) is 5.75 Å². The van der Waals surface area contributed by atoms with E-state index in [4.69, 9.17) is 27.4 Å². The number of esters is 1. The summed E-state index contributed by atoms with van der Waals surface area (Å²) in [5.74, 6) is -0.901. The van der Waals surface area contributed by atoms with E-state index < -0.39 is 16.1 Å². The molecule has 0 aliphatic rings. The van der Waals surface area contributed by atoms with Gasteiger partial charge >= 0.3 is 16.1 Å². The fourth-order valence-electron chi connectivity index (χ4n) is 1.70. The maximum atomic E-state index is 12.4. The minimum Gasteiger partial charge on any atom is -0.465 e. The Hall–Kier alpha value is -1.76. The number of carbonyl (C=O) groups is 1. The standard InChI is InChI=1S/C14H10Cl2O5S/c1-20-14(17)9-5-2-3-8-12(9)21-22(18,19)13-10(15)6-4-7-11(13)16/h2-8H,1H3. The molecule has 2 aromatic carbocycles. The molecule has 22 heavy (non-hydrogen) atoms. The molecule has 116 valence electrons. The zero-order chi connectivity index (χ0) is 16.3.